The molecule has 1 saturated heterocycles. The Balaban J connectivity index is 3.33. The third kappa shape index (κ3) is 6.89. The topological polar surface area (TPSA) is 44.8 Å². The molecule has 1 fully saturated rings. The van der Waals surface area contributed by atoms with Gasteiger partial charge in [-0.15, -0.1) is 0 Å². The fourth-order valence-corrected chi connectivity index (χ4v) is 7.40. The van der Waals surface area contributed by atoms with Gasteiger partial charge in [0.05, 0.1) is 12.2 Å². The van der Waals surface area contributed by atoms with E-state index in [9.17, 15) is 4.79 Å². The molecule has 0 aromatic carbocycles. The zero-order chi connectivity index (χ0) is 21.2. The Kier molecular flexibility index (Phi) is 12.0. The molecular weight excluding hydrogens is 483 g/mol. The molecule has 28 heavy (non-hydrogen) atoms. The summed E-state index contributed by atoms with van der Waals surface area (Å²) in [7, 11) is -1.92. The third-order valence-electron chi connectivity index (χ3n) is 6.46. The quantitative estimate of drug-likeness (QED) is 0.124. The van der Waals surface area contributed by atoms with Gasteiger partial charge in [0, 0.05) is 5.92 Å². The molecule has 0 aromatic rings. The van der Waals surface area contributed by atoms with Crippen LogP contribution in [0.3, 0.4) is 0 Å². The third-order valence-corrected chi connectivity index (χ3v) is 12.1. The van der Waals surface area contributed by atoms with Gasteiger partial charge in [0.15, 0.2) is 14.6 Å². The summed E-state index contributed by atoms with van der Waals surface area (Å²) in [6.07, 6.45) is 6.12. The highest BCUT2D eigenvalue weighted by Crippen LogP contribution is 2.39. The second-order valence-corrected chi connectivity index (χ2v) is 13.7. The number of halogens is 1. The normalized spacial score (nSPS) is 29.5. The highest BCUT2D eigenvalue weighted by Gasteiger charge is 2.50. The van der Waals surface area contributed by atoms with Gasteiger partial charge in [0.25, 0.3) is 0 Å². The van der Waals surface area contributed by atoms with E-state index in [0.29, 0.717) is 0 Å². The lowest BCUT2D eigenvalue weighted by Gasteiger charge is -2.43. The van der Waals surface area contributed by atoms with E-state index in [1.54, 1.807) is 0 Å². The molecule has 4 nitrogen and oxygen atoms in total. The predicted molar refractivity (Wildman–Crippen MR) is 127 cm³/mol. The molecule has 164 valence electrons. The van der Waals surface area contributed by atoms with E-state index in [4.69, 9.17) is 13.9 Å². The van der Waals surface area contributed by atoms with Crippen LogP contribution in [0.2, 0.25) is 18.1 Å². The van der Waals surface area contributed by atoms with Gasteiger partial charge >= 0.3 is 0 Å². The van der Waals surface area contributed by atoms with Crippen LogP contribution in [0.5, 0.6) is 0 Å². The molecule has 0 saturated carbocycles. The minimum absolute atomic E-state index is 0.0573. The number of unbranched alkanes of at least 4 members (excludes halogenated alkanes) is 2. The van der Waals surface area contributed by atoms with Crippen LogP contribution in [0, 0.1) is 5.92 Å². The van der Waals surface area contributed by atoms with Crippen LogP contribution < -0.4 is 0 Å². The summed E-state index contributed by atoms with van der Waals surface area (Å²) in [6, 6.07) is 3.17. The molecule has 1 aliphatic rings. The Labute approximate surface area is 187 Å². The first-order valence-corrected chi connectivity index (χ1v) is 14.8. The van der Waals surface area contributed by atoms with E-state index in [1.807, 2.05) is 6.92 Å². The molecule has 0 aromatic heterocycles. The maximum absolute atomic E-state index is 12.2. The first-order chi connectivity index (χ1) is 13.3. The second-order valence-electron chi connectivity index (χ2n) is 8.37. The molecule has 4 atom stereocenters. The molecule has 1 rings (SSSR count). The van der Waals surface area contributed by atoms with Crippen LogP contribution in [-0.2, 0) is 18.7 Å². The smallest absolute Gasteiger partial charge is 0.192 e. The van der Waals surface area contributed by atoms with E-state index in [0.717, 1.165) is 43.7 Å². The van der Waals surface area contributed by atoms with Crippen molar-refractivity contribution in [1.82, 2.24) is 0 Å². The molecule has 0 N–H and O–H groups in total. The van der Waals surface area contributed by atoms with Crippen molar-refractivity contribution >= 4 is 37.2 Å². The zero-order valence-electron chi connectivity index (χ0n) is 18.8. The first-order valence-electron chi connectivity index (χ1n) is 11.0. The Morgan fingerprint density at radius 3 is 2.36 bits per heavy atom. The molecule has 0 bridgehead atoms. The van der Waals surface area contributed by atoms with E-state index in [-0.39, 0.29) is 24.9 Å². The van der Waals surface area contributed by atoms with Gasteiger partial charge in [-0.2, -0.15) is 0 Å². The highest BCUT2D eigenvalue weighted by atomic mass is 127. The number of allylic oxidation sites excluding steroid dienone is 1. The fourth-order valence-electron chi connectivity index (χ4n) is 4.20. The van der Waals surface area contributed by atoms with Gasteiger partial charge in [0.2, 0.25) is 0 Å². The SMILES string of the molecule is CCCCC[C@@H]1OCO[C@@](C)(C=O)[C@@H](O[Si](CC)(CC)CC)[C@@H]1C/C(C)=C/I. The summed E-state index contributed by atoms with van der Waals surface area (Å²) in [5.41, 5.74) is 0.336. The van der Waals surface area contributed by atoms with Gasteiger partial charge in [-0.25, -0.2) is 0 Å². The lowest BCUT2D eigenvalue weighted by molar-refractivity contribution is -0.161. The van der Waals surface area contributed by atoms with Gasteiger partial charge in [-0.05, 0) is 48.9 Å². The van der Waals surface area contributed by atoms with Crippen molar-refractivity contribution in [3.8, 4) is 0 Å². The highest BCUT2D eigenvalue weighted by molar-refractivity contribution is 14.1. The molecular formula is C22H41IO4Si. The first kappa shape index (κ1) is 26.3. The van der Waals surface area contributed by atoms with Crippen molar-refractivity contribution in [3.63, 3.8) is 0 Å². The summed E-state index contributed by atoms with van der Waals surface area (Å²) in [4.78, 5) is 12.2. The van der Waals surface area contributed by atoms with Crippen molar-refractivity contribution in [2.75, 3.05) is 6.79 Å². The predicted octanol–water partition coefficient (Wildman–Crippen LogP) is 6.63. The molecule has 0 radical (unpaired) electrons. The number of aldehydes is 1. The number of carbonyl (C=O) groups excluding carboxylic acids is 1. The average molecular weight is 525 g/mol. The van der Waals surface area contributed by atoms with Crippen molar-refractivity contribution < 1.29 is 18.7 Å². The monoisotopic (exact) mass is 524 g/mol. The molecule has 0 unspecified atom stereocenters. The molecule has 0 spiro atoms. The van der Waals surface area contributed by atoms with Crippen LogP contribution in [0.25, 0.3) is 0 Å². The number of hydrogen-bond acceptors (Lipinski definition) is 4. The second kappa shape index (κ2) is 12.8. The van der Waals surface area contributed by atoms with Crippen molar-refractivity contribution in [2.24, 2.45) is 5.92 Å². The van der Waals surface area contributed by atoms with E-state index in [2.05, 4.69) is 61.3 Å². The minimum atomic E-state index is -1.92. The Bertz CT molecular complexity index is 487. The van der Waals surface area contributed by atoms with Gasteiger partial charge in [-0.3, -0.25) is 0 Å². The number of ether oxygens (including phenoxy) is 2. The molecule has 1 aliphatic heterocycles. The largest absolute Gasteiger partial charge is 0.410 e. The summed E-state index contributed by atoms with van der Waals surface area (Å²) in [5.74, 6) is 0.122. The zero-order valence-corrected chi connectivity index (χ0v) is 21.9. The van der Waals surface area contributed by atoms with Gasteiger partial charge in [0.1, 0.15) is 12.4 Å². The Morgan fingerprint density at radius 1 is 1.21 bits per heavy atom. The van der Waals surface area contributed by atoms with Crippen LogP contribution in [0.15, 0.2) is 9.66 Å². The van der Waals surface area contributed by atoms with E-state index >= 15 is 0 Å². The molecule has 0 aliphatic carbocycles. The van der Waals surface area contributed by atoms with Crippen molar-refractivity contribution in [2.45, 2.75) is 110 Å². The summed E-state index contributed by atoms with van der Waals surface area (Å²) >= 11 is 2.30. The van der Waals surface area contributed by atoms with Crippen molar-refractivity contribution in [1.29, 1.82) is 0 Å². The maximum atomic E-state index is 12.2. The number of carbonyl (C=O) groups is 1. The van der Waals surface area contributed by atoms with Crippen LogP contribution in [0.1, 0.15) is 73.6 Å². The summed E-state index contributed by atoms with van der Waals surface area (Å²) in [6.45, 7) is 13.1. The fraction of sp³-hybridized carbons (Fsp3) is 0.864. The standard InChI is InChI=1S/C22H41IO4Si/c1-7-11-12-13-20-19(14-18(5)15-23)21(22(6,16-24)26-17-25-20)27-28(8-2,9-3)10-4/h15-16,19-21H,7-14,17H2,1-6H3/b18-15+/t19-,20+,21+,22+/m1/s1. The lowest BCUT2D eigenvalue weighted by atomic mass is 9.80. The van der Waals surface area contributed by atoms with E-state index in [1.165, 1.54) is 18.4 Å². The van der Waals surface area contributed by atoms with Crippen LogP contribution in [-0.4, -0.2) is 39.2 Å². The lowest BCUT2D eigenvalue weighted by Crippen LogP contribution is -2.55. The van der Waals surface area contributed by atoms with Crippen LogP contribution in [0.4, 0.5) is 0 Å². The number of hydrogen-bond donors (Lipinski definition) is 0. The number of rotatable bonds is 12. The van der Waals surface area contributed by atoms with Crippen LogP contribution >= 0.6 is 22.6 Å². The minimum Gasteiger partial charge on any atom is -0.410 e. The summed E-state index contributed by atoms with van der Waals surface area (Å²) < 4.78 is 21.3. The Morgan fingerprint density at radius 2 is 1.86 bits per heavy atom. The van der Waals surface area contributed by atoms with Gasteiger partial charge in [-0.1, -0.05) is 75.1 Å². The van der Waals surface area contributed by atoms with Gasteiger partial charge < -0.3 is 18.7 Å². The molecule has 1 heterocycles. The molecule has 6 heteroatoms. The maximum Gasteiger partial charge on any atom is 0.192 e. The molecule has 0 amide bonds. The van der Waals surface area contributed by atoms with Crippen molar-refractivity contribution in [3.05, 3.63) is 9.66 Å². The average Bonchev–Trinajstić information content (AvgIpc) is 2.84. The van der Waals surface area contributed by atoms with E-state index < -0.39 is 13.9 Å². The summed E-state index contributed by atoms with van der Waals surface area (Å²) in [5, 5.41) is 0. The Hall–Kier alpha value is 0.237.